The molecule has 0 bridgehead atoms. The van der Waals surface area contributed by atoms with Gasteiger partial charge in [0.25, 0.3) is 5.91 Å². The lowest BCUT2D eigenvalue weighted by atomic mass is 10.1. The van der Waals surface area contributed by atoms with Crippen molar-refractivity contribution in [2.75, 3.05) is 24.7 Å². The van der Waals surface area contributed by atoms with Crippen LogP contribution in [0.2, 0.25) is 0 Å². The van der Waals surface area contributed by atoms with Gasteiger partial charge in [-0.05, 0) is 74.6 Å². The Balaban J connectivity index is 1.61. The van der Waals surface area contributed by atoms with Crippen molar-refractivity contribution in [1.29, 1.82) is 0 Å². The zero-order valence-electron chi connectivity index (χ0n) is 19.2. The molecular formula is C26H32N2O3S. The summed E-state index contributed by atoms with van der Waals surface area (Å²) in [5.41, 5.74) is 3.99. The van der Waals surface area contributed by atoms with Crippen molar-refractivity contribution in [2.24, 2.45) is 0 Å². The van der Waals surface area contributed by atoms with Crippen LogP contribution >= 0.6 is 11.3 Å². The van der Waals surface area contributed by atoms with E-state index >= 15 is 0 Å². The number of hydrogen-bond acceptors (Lipinski definition) is 5. The Labute approximate surface area is 194 Å². The first-order valence-corrected chi connectivity index (χ1v) is 12.4. The highest BCUT2D eigenvalue weighted by atomic mass is 32.1. The van der Waals surface area contributed by atoms with Crippen molar-refractivity contribution >= 4 is 32.6 Å². The summed E-state index contributed by atoms with van der Waals surface area (Å²) < 4.78 is 12.8. The normalized spacial score (nSPS) is 15.9. The van der Waals surface area contributed by atoms with E-state index in [9.17, 15) is 4.79 Å². The molecule has 6 heteroatoms. The van der Waals surface area contributed by atoms with Crippen LogP contribution in [0.25, 0.3) is 10.2 Å². The third-order valence-corrected chi connectivity index (χ3v) is 7.02. The minimum atomic E-state index is -0.0630. The van der Waals surface area contributed by atoms with Crippen LogP contribution in [-0.4, -0.2) is 36.8 Å². The number of aromatic nitrogens is 1. The summed E-state index contributed by atoms with van der Waals surface area (Å²) in [6.07, 6.45) is 5.36. The Hall–Kier alpha value is -2.44. The molecule has 5 nitrogen and oxygen atoms in total. The van der Waals surface area contributed by atoms with Crippen molar-refractivity contribution in [3.63, 3.8) is 0 Å². The highest BCUT2D eigenvalue weighted by Crippen LogP contribution is 2.32. The minimum Gasteiger partial charge on any atom is -0.494 e. The summed E-state index contributed by atoms with van der Waals surface area (Å²) in [6, 6.07) is 11.8. The highest BCUT2D eigenvalue weighted by Gasteiger charge is 2.27. The molecule has 2 aromatic carbocycles. The lowest BCUT2D eigenvalue weighted by Crippen LogP contribution is -2.37. The lowest BCUT2D eigenvalue weighted by molar-refractivity contribution is 0.0917. The maximum absolute atomic E-state index is 13.7. The molecule has 4 rings (SSSR count). The topological polar surface area (TPSA) is 51.7 Å². The number of anilines is 1. The molecule has 1 saturated heterocycles. The number of benzene rings is 2. The average Bonchev–Trinajstić information content (AvgIpc) is 3.45. The van der Waals surface area contributed by atoms with E-state index < -0.39 is 0 Å². The molecule has 1 amide bonds. The molecule has 1 fully saturated rings. The van der Waals surface area contributed by atoms with Crippen molar-refractivity contribution in [1.82, 2.24) is 4.98 Å². The fourth-order valence-electron chi connectivity index (χ4n) is 3.94. The molecule has 1 atom stereocenters. The summed E-state index contributed by atoms with van der Waals surface area (Å²) in [6.45, 7) is 8.31. The van der Waals surface area contributed by atoms with Crippen LogP contribution in [-0.2, 0) is 4.74 Å². The molecule has 32 heavy (non-hydrogen) atoms. The molecule has 0 spiro atoms. The standard InChI is InChI=1S/C26H32N2O3S/c1-4-5-6-12-30-21-10-7-9-20(16-21)25(29)28(17-22-11-8-13-31-22)26-27-23-14-18(2)19(3)15-24(23)32-26/h7,9-10,14-16,22H,4-6,8,11-13,17H2,1-3H3. The number of ether oxygens (including phenoxy) is 2. The van der Waals surface area contributed by atoms with E-state index in [-0.39, 0.29) is 12.0 Å². The van der Waals surface area contributed by atoms with E-state index in [1.54, 1.807) is 16.2 Å². The summed E-state index contributed by atoms with van der Waals surface area (Å²) >= 11 is 1.57. The van der Waals surface area contributed by atoms with Gasteiger partial charge in [-0.15, -0.1) is 0 Å². The van der Waals surface area contributed by atoms with E-state index in [1.165, 1.54) is 11.1 Å². The molecule has 1 aliphatic rings. The van der Waals surface area contributed by atoms with Crippen LogP contribution < -0.4 is 9.64 Å². The zero-order valence-corrected chi connectivity index (χ0v) is 20.0. The Morgan fingerprint density at radius 3 is 2.84 bits per heavy atom. The van der Waals surface area contributed by atoms with Gasteiger partial charge in [-0.1, -0.05) is 37.2 Å². The number of aryl methyl sites for hydroxylation is 2. The number of unbranched alkanes of at least 4 members (excludes halogenated alkanes) is 2. The second-order valence-electron chi connectivity index (χ2n) is 8.53. The van der Waals surface area contributed by atoms with Gasteiger partial charge in [0, 0.05) is 12.2 Å². The minimum absolute atomic E-state index is 0.0444. The van der Waals surface area contributed by atoms with E-state index in [0.717, 1.165) is 59.8 Å². The molecule has 0 radical (unpaired) electrons. The van der Waals surface area contributed by atoms with Crippen LogP contribution in [0, 0.1) is 13.8 Å². The Kier molecular flexibility index (Phi) is 7.43. The summed E-state index contributed by atoms with van der Waals surface area (Å²) in [5.74, 6) is 0.673. The molecule has 1 aromatic heterocycles. The first-order chi connectivity index (χ1) is 15.5. The maximum atomic E-state index is 13.7. The van der Waals surface area contributed by atoms with Crippen molar-refractivity contribution in [2.45, 2.75) is 59.0 Å². The average molecular weight is 453 g/mol. The van der Waals surface area contributed by atoms with Gasteiger partial charge in [-0.25, -0.2) is 4.98 Å². The van der Waals surface area contributed by atoms with Crippen molar-refractivity contribution in [3.8, 4) is 5.75 Å². The second kappa shape index (κ2) is 10.5. The number of rotatable bonds is 9. The Bertz CT molecular complexity index is 1030. The number of amides is 1. The monoisotopic (exact) mass is 452 g/mol. The second-order valence-corrected chi connectivity index (χ2v) is 9.54. The molecule has 1 aliphatic heterocycles. The van der Waals surface area contributed by atoms with Gasteiger partial charge >= 0.3 is 0 Å². The maximum Gasteiger partial charge on any atom is 0.260 e. The van der Waals surface area contributed by atoms with Crippen molar-refractivity contribution < 1.29 is 14.3 Å². The van der Waals surface area contributed by atoms with Gasteiger partial charge in [0.05, 0.1) is 29.5 Å². The van der Waals surface area contributed by atoms with Gasteiger partial charge in [0.1, 0.15) is 5.75 Å². The molecule has 0 N–H and O–H groups in total. The number of hydrogen-bond donors (Lipinski definition) is 0. The summed E-state index contributed by atoms with van der Waals surface area (Å²) in [4.78, 5) is 20.3. The molecule has 0 saturated carbocycles. The molecule has 2 heterocycles. The molecule has 1 unspecified atom stereocenters. The zero-order chi connectivity index (χ0) is 22.5. The molecule has 0 aliphatic carbocycles. The lowest BCUT2D eigenvalue weighted by Gasteiger charge is -2.23. The fraction of sp³-hybridized carbons (Fsp3) is 0.462. The first-order valence-electron chi connectivity index (χ1n) is 11.6. The van der Waals surface area contributed by atoms with Gasteiger partial charge in [0.2, 0.25) is 0 Å². The third-order valence-electron chi connectivity index (χ3n) is 5.98. The fourth-order valence-corrected chi connectivity index (χ4v) is 4.99. The predicted octanol–water partition coefficient (Wildman–Crippen LogP) is 6.31. The van der Waals surface area contributed by atoms with Gasteiger partial charge in [-0.2, -0.15) is 0 Å². The van der Waals surface area contributed by atoms with Crippen LogP contribution in [0.15, 0.2) is 36.4 Å². The third kappa shape index (κ3) is 5.30. The van der Waals surface area contributed by atoms with Crippen molar-refractivity contribution in [3.05, 3.63) is 53.1 Å². The SMILES string of the molecule is CCCCCOc1cccc(C(=O)N(CC2CCCO2)c2nc3cc(C)c(C)cc3s2)c1. The smallest absolute Gasteiger partial charge is 0.260 e. The number of thiazole rings is 1. The van der Waals surface area contributed by atoms with Crippen LogP contribution in [0.3, 0.4) is 0 Å². The van der Waals surface area contributed by atoms with E-state index in [1.807, 2.05) is 24.3 Å². The summed E-state index contributed by atoms with van der Waals surface area (Å²) in [5, 5.41) is 0.722. The molecular weight excluding hydrogens is 420 g/mol. The van der Waals surface area contributed by atoms with E-state index in [2.05, 4.69) is 32.9 Å². The van der Waals surface area contributed by atoms with Gasteiger partial charge < -0.3 is 9.47 Å². The quantitative estimate of drug-likeness (QED) is 0.357. The highest BCUT2D eigenvalue weighted by molar-refractivity contribution is 7.22. The summed E-state index contributed by atoms with van der Waals surface area (Å²) in [7, 11) is 0. The van der Waals surface area contributed by atoms with Crippen LogP contribution in [0.4, 0.5) is 5.13 Å². The van der Waals surface area contributed by atoms with E-state index in [4.69, 9.17) is 14.5 Å². The van der Waals surface area contributed by atoms with E-state index in [0.29, 0.717) is 18.7 Å². The Morgan fingerprint density at radius 2 is 2.06 bits per heavy atom. The number of carbonyl (C=O) groups is 1. The first kappa shape index (κ1) is 22.7. The Morgan fingerprint density at radius 1 is 1.22 bits per heavy atom. The number of carbonyl (C=O) groups excluding carboxylic acids is 1. The van der Waals surface area contributed by atoms with Gasteiger partial charge in [0.15, 0.2) is 5.13 Å². The van der Waals surface area contributed by atoms with Crippen LogP contribution in [0.1, 0.15) is 60.5 Å². The number of nitrogens with zero attached hydrogens (tertiary/aromatic N) is 2. The predicted molar refractivity (Wildman–Crippen MR) is 131 cm³/mol. The van der Waals surface area contributed by atoms with Gasteiger partial charge in [-0.3, -0.25) is 9.69 Å². The largest absolute Gasteiger partial charge is 0.494 e. The van der Waals surface area contributed by atoms with Crippen LogP contribution in [0.5, 0.6) is 5.75 Å². The molecule has 170 valence electrons. The molecule has 3 aromatic rings. The number of fused-ring (bicyclic) bond motifs is 1.